The van der Waals surface area contributed by atoms with E-state index in [4.69, 9.17) is 9.47 Å². The molecule has 0 aromatic rings. The molecule has 0 radical (unpaired) electrons. The second kappa shape index (κ2) is 3.64. The molecule has 4 unspecified atom stereocenters. The molecule has 3 nitrogen and oxygen atoms in total. The van der Waals surface area contributed by atoms with E-state index >= 15 is 0 Å². The summed E-state index contributed by atoms with van der Waals surface area (Å²) in [6.07, 6.45) is 6.98. The SMILES string of the molecule is CCOC(=O)OC12CCCC1C1CCC2C1. The molecule has 3 heteroatoms. The molecule has 3 aliphatic carbocycles. The molecule has 2 bridgehead atoms. The maximum absolute atomic E-state index is 11.6. The topological polar surface area (TPSA) is 35.5 Å². The number of fused-ring (bicyclic) bond motifs is 5. The Balaban J connectivity index is 1.78. The Bertz CT molecular complexity index is 302. The molecule has 0 spiro atoms. The van der Waals surface area contributed by atoms with E-state index < -0.39 is 6.16 Å². The van der Waals surface area contributed by atoms with Crippen LogP contribution in [0.25, 0.3) is 0 Å². The van der Waals surface area contributed by atoms with Gasteiger partial charge in [-0.25, -0.2) is 4.79 Å². The normalized spacial score (nSPS) is 44.4. The molecular weight excluding hydrogens is 204 g/mol. The molecule has 0 heterocycles. The molecule has 0 aromatic carbocycles. The van der Waals surface area contributed by atoms with Crippen LogP contribution in [0.1, 0.15) is 45.4 Å². The number of rotatable bonds is 2. The van der Waals surface area contributed by atoms with Crippen molar-refractivity contribution < 1.29 is 14.3 Å². The molecular formula is C13H20O3. The average Bonchev–Trinajstić information content (AvgIpc) is 2.86. The Morgan fingerprint density at radius 3 is 3.06 bits per heavy atom. The molecule has 3 aliphatic rings. The van der Waals surface area contributed by atoms with Crippen LogP contribution in [-0.4, -0.2) is 18.4 Å². The lowest BCUT2D eigenvalue weighted by atomic mass is 9.77. The number of carbonyl (C=O) groups is 1. The predicted octanol–water partition coefficient (Wildman–Crippen LogP) is 3.13. The summed E-state index contributed by atoms with van der Waals surface area (Å²) in [7, 11) is 0. The first-order chi connectivity index (χ1) is 7.76. The van der Waals surface area contributed by atoms with Gasteiger partial charge in [0.25, 0.3) is 0 Å². The van der Waals surface area contributed by atoms with Crippen LogP contribution in [0.15, 0.2) is 0 Å². The fourth-order valence-electron chi connectivity index (χ4n) is 4.51. The zero-order valence-electron chi connectivity index (χ0n) is 9.91. The average molecular weight is 224 g/mol. The van der Waals surface area contributed by atoms with E-state index in [9.17, 15) is 4.79 Å². The van der Waals surface area contributed by atoms with Crippen molar-refractivity contribution in [3.8, 4) is 0 Å². The van der Waals surface area contributed by atoms with Gasteiger partial charge in [-0.2, -0.15) is 0 Å². The van der Waals surface area contributed by atoms with Crippen LogP contribution in [0.3, 0.4) is 0 Å². The third-order valence-electron chi connectivity index (χ3n) is 4.98. The van der Waals surface area contributed by atoms with Crippen molar-refractivity contribution >= 4 is 6.16 Å². The third kappa shape index (κ3) is 1.30. The van der Waals surface area contributed by atoms with Crippen LogP contribution in [-0.2, 0) is 9.47 Å². The van der Waals surface area contributed by atoms with Crippen molar-refractivity contribution in [2.24, 2.45) is 17.8 Å². The molecule has 0 saturated heterocycles. The summed E-state index contributed by atoms with van der Waals surface area (Å²) in [5.41, 5.74) is -0.130. The van der Waals surface area contributed by atoms with Crippen molar-refractivity contribution in [1.29, 1.82) is 0 Å². The first-order valence-electron chi connectivity index (χ1n) is 6.62. The van der Waals surface area contributed by atoms with Crippen molar-refractivity contribution in [2.75, 3.05) is 6.61 Å². The summed E-state index contributed by atoms with van der Waals surface area (Å²) in [6.45, 7) is 2.24. The summed E-state index contributed by atoms with van der Waals surface area (Å²) < 4.78 is 10.7. The lowest BCUT2D eigenvalue weighted by molar-refractivity contribution is -0.0822. The van der Waals surface area contributed by atoms with Crippen molar-refractivity contribution in [2.45, 2.75) is 51.0 Å². The molecule has 90 valence electrons. The first-order valence-corrected chi connectivity index (χ1v) is 6.62. The monoisotopic (exact) mass is 224 g/mol. The molecule has 0 aromatic heterocycles. The van der Waals surface area contributed by atoms with Crippen LogP contribution >= 0.6 is 0 Å². The highest BCUT2D eigenvalue weighted by Gasteiger charge is 2.62. The predicted molar refractivity (Wildman–Crippen MR) is 59.0 cm³/mol. The number of carbonyl (C=O) groups excluding carboxylic acids is 1. The summed E-state index contributed by atoms with van der Waals surface area (Å²) >= 11 is 0. The van der Waals surface area contributed by atoms with Crippen molar-refractivity contribution in [3.63, 3.8) is 0 Å². The molecule has 3 rings (SSSR count). The number of ether oxygens (including phenoxy) is 2. The van der Waals surface area contributed by atoms with E-state index in [0.29, 0.717) is 18.4 Å². The van der Waals surface area contributed by atoms with E-state index in [0.717, 1.165) is 12.3 Å². The van der Waals surface area contributed by atoms with Gasteiger partial charge < -0.3 is 9.47 Å². The van der Waals surface area contributed by atoms with E-state index in [1.54, 1.807) is 0 Å². The second-order valence-corrected chi connectivity index (χ2v) is 5.51. The molecule has 0 amide bonds. The van der Waals surface area contributed by atoms with Crippen LogP contribution in [0.5, 0.6) is 0 Å². The highest BCUT2D eigenvalue weighted by molar-refractivity contribution is 5.61. The highest BCUT2D eigenvalue weighted by atomic mass is 16.7. The minimum absolute atomic E-state index is 0.130. The van der Waals surface area contributed by atoms with E-state index in [2.05, 4.69) is 0 Å². The Morgan fingerprint density at radius 2 is 2.25 bits per heavy atom. The van der Waals surface area contributed by atoms with E-state index in [1.165, 1.54) is 32.1 Å². The maximum Gasteiger partial charge on any atom is 0.508 e. The number of hydrogen-bond acceptors (Lipinski definition) is 3. The Hall–Kier alpha value is -0.730. The Kier molecular flexibility index (Phi) is 2.37. The molecule has 4 atom stereocenters. The Labute approximate surface area is 96.5 Å². The summed E-state index contributed by atoms with van der Waals surface area (Å²) in [6, 6.07) is 0. The minimum Gasteiger partial charge on any atom is -0.435 e. The largest absolute Gasteiger partial charge is 0.508 e. The standard InChI is InChI=1S/C13H20O3/c1-2-15-12(14)16-13-7-3-4-11(13)9-5-6-10(13)8-9/h9-11H,2-8H2,1H3. The first kappa shape index (κ1) is 10.4. The fourth-order valence-corrected chi connectivity index (χ4v) is 4.51. The van der Waals surface area contributed by atoms with E-state index in [1.807, 2.05) is 6.92 Å². The highest BCUT2D eigenvalue weighted by Crippen LogP contribution is 2.62. The lowest BCUT2D eigenvalue weighted by Gasteiger charge is -2.38. The number of hydrogen-bond donors (Lipinski definition) is 0. The van der Waals surface area contributed by atoms with Crippen LogP contribution in [0, 0.1) is 17.8 Å². The molecule has 0 aliphatic heterocycles. The van der Waals surface area contributed by atoms with Gasteiger partial charge in [0.1, 0.15) is 5.60 Å². The van der Waals surface area contributed by atoms with Gasteiger partial charge in [0.2, 0.25) is 0 Å². The Morgan fingerprint density at radius 1 is 1.38 bits per heavy atom. The minimum atomic E-state index is -0.443. The second-order valence-electron chi connectivity index (χ2n) is 5.51. The van der Waals surface area contributed by atoms with Gasteiger partial charge >= 0.3 is 6.16 Å². The van der Waals surface area contributed by atoms with Crippen LogP contribution in [0.4, 0.5) is 4.79 Å². The summed E-state index contributed by atoms with van der Waals surface area (Å²) in [4.78, 5) is 11.6. The van der Waals surface area contributed by atoms with E-state index in [-0.39, 0.29) is 5.60 Å². The lowest BCUT2D eigenvalue weighted by Crippen LogP contribution is -2.43. The van der Waals surface area contributed by atoms with Gasteiger partial charge in [0, 0.05) is 5.92 Å². The summed E-state index contributed by atoms with van der Waals surface area (Å²) in [5, 5.41) is 0. The zero-order valence-corrected chi connectivity index (χ0v) is 9.91. The maximum atomic E-state index is 11.6. The molecule has 3 saturated carbocycles. The van der Waals surface area contributed by atoms with Gasteiger partial charge in [0.15, 0.2) is 0 Å². The molecule has 16 heavy (non-hydrogen) atoms. The van der Waals surface area contributed by atoms with Gasteiger partial charge in [-0.15, -0.1) is 0 Å². The van der Waals surface area contributed by atoms with Gasteiger partial charge in [0.05, 0.1) is 6.61 Å². The van der Waals surface area contributed by atoms with Gasteiger partial charge in [-0.05, 0) is 57.3 Å². The van der Waals surface area contributed by atoms with Crippen molar-refractivity contribution in [3.05, 3.63) is 0 Å². The van der Waals surface area contributed by atoms with Crippen LogP contribution < -0.4 is 0 Å². The fraction of sp³-hybridized carbons (Fsp3) is 0.923. The quantitative estimate of drug-likeness (QED) is 0.676. The van der Waals surface area contributed by atoms with Crippen molar-refractivity contribution in [1.82, 2.24) is 0 Å². The smallest absolute Gasteiger partial charge is 0.435 e. The summed E-state index contributed by atoms with van der Waals surface area (Å²) in [5.74, 6) is 2.08. The van der Waals surface area contributed by atoms with Gasteiger partial charge in [-0.3, -0.25) is 0 Å². The van der Waals surface area contributed by atoms with Gasteiger partial charge in [-0.1, -0.05) is 0 Å². The zero-order chi connectivity index (χ0) is 11.2. The van der Waals surface area contributed by atoms with Crippen LogP contribution in [0.2, 0.25) is 0 Å². The molecule has 3 fully saturated rings. The third-order valence-corrected chi connectivity index (χ3v) is 4.98. The molecule has 0 N–H and O–H groups in total.